The molecule has 0 amide bonds. The summed E-state index contributed by atoms with van der Waals surface area (Å²) in [5.74, 6) is 0.561. The summed E-state index contributed by atoms with van der Waals surface area (Å²) in [7, 11) is 3.96. The van der Waals surface area contributed by atoms with Crippen molar-refractivity contribution in [3.63, 3.8) is 0 Å². The molecule has 0 aliphatic carbocycles. The molecule has 1 aromatic heterocycles. The van der Waals surface area contributed by atoms with Gasteiger partial charge in [0.25, 0.3) is 0 Å². The molecule has 1 rings (SSSR count). The second kappa shape index (κ2) is 5.20. The monoisotopic (exact) mass is 191 g/mol. The highest BCUT2D eigenvalue weighted by atomic mass is 16.5. The van der Waals surface area contributed by atoms with Gasteiger partial charge in [0.15, 0.2) is 0 Å². The summed E-state index contributed by atoms with van der Waals surface area (Å²) in [6, 6.07) is 5.40. The van der Waals surface area contributed by atoms with Crippen LogP contribution >= 0.6 is 0 Å². The Labute approximate surface area is 83.7 Å². The number of pyridine rings is 1. The number of aromatic nitrogens is 1. The minimum Gasteiger partial charge on any atom is -0.476 e. The van der Waals surface area contributed by atoms with Crippen molar-refractivity contribution >= 4 is 0 Å². The summed E-state index contributed by atoms with van der Waals surface area (Å²) in [5, 5.41) is 8.54. The van der Waals surface area contributed by atoms with Crippen molar-refractivity contribution < 1.29 is 4.74 Å². The van der Waals surface area contributed by atoms with Crippen LogP contribution in [0.2, 0.25) is 0 Å². The van der Waals surface area contributed by atoms with E-state index < -0.39 is 0 Å². The minimum absolute atomic E-state index is 0.546. The predicted molar refractivity (Wildman–Crippen MR) is 53.0 cm³/mol. The lowest BCUT2D eigenvalue weighted by Crippen LogP contribution is -2.19. The second-order valence-corrected chi connectivity index (χ2v) is 3.15. The number of ether oxygens (including phenoxy) is 1. The lowest BCUT2D eigenvalue weighted by atomic mass is 10.3. The van der Waals surface area contributed by atoms with E-state index in [9.17, 15) is 0 Å². The molecule has 0 aliphatic rings. The molecule has 0 N–H and O–H groups in total. The van der Waals surface area contributed by atoms with Crippen LogP contribution in [0.25, 0.3) is 0 Å². The molecule has 0 saturated heterocycles. The van der Waals surface area contributed by atoms with Gasteiger partial charge in [-0.2, -0.15) is 5.26 Å². The maximum Gasteiger partial charge on any atom is 0.213 e. The third-order valence-corrected chi connectivity index (χ3v) is 1.65. The molecule has 4 nitrogen and oxygen atoms in total. The fraction of sp³-hybridized carbons (Fsp3) is 0.400. The molecule has 1 heterocycles. The molecule has 4 heteroatoms. The minimum atomic E-state index is 0.546. The third-order valence-electron chi connectivity index (χ3n) is 1.65. The first-order chi connectivity index (χ1) is 6.72. The highest BCUT2D eigenvalue weighted by Gasteiger charge is 1.96. The van der Waals surface area contributed by atoms with Crippen LogP contribution in [0.3, 0.4) is 0 Å². The molecule has 74 valence electrons. The van der Waals surface area contributed by atoms with Crippen LogP contribution in [0.15, 0.2) is 18.3 Å². The lowest BCUT2D eigenvalue weighted by molar-refractivity contribution is 0.254. The van der Waals surface area contributed by atoms with Crippen molar-refractivity contribution in [2.75, 3.05) is 27.2 Å². The Bertz CT molecular complexity index is 313. The average molecular weight is 191 g/mol. The summed E-state index contributed by atoms with van der Waals surface area (Å²) >= 11 is 0. The Morgan fingerprint density at radius 2 is 2.29 bits per heavy atom. The predicted octanol–water partition coefficient (Wildman–Crippen LogP) is 0.894. The Balaban J connectivity index is 2.41. The van der Waals surface area contributed by atoms with Gasteiger partial charge in [0.05, 0.1) is 5.56 Å². The van der Waals surface area contributed by atoms with E-state index in [2.05, 4.69) is 4.98 Å². The Kier molecular flexibility index (Phi) is 3.89. The zero-order valence-electron chi connectivity index (χ0n) is 8.40. The van der Waals surface area contributed by atoms with Crippen LogP contribution in [0.5, 0.6) is 5.88 Å². The Morgan fingerprint density at radius 1 is 1.50 bits per heavy atom. The third kappa shape index (κ3) is 3.42. The molecule has 0 aliphatic heterocycles. The number of hydrogen-bond acceptors (Lipinski definition) is 4. The molecule has 0 atom stereocenters. The Morgan fingerprint density at radius 3 is 2.79 bits per heavy atom. The second-order valence-electron chi connectivity index (χ2n) is 3.15. The van der Waals surface area contributed by atoms with Gasteiger partial charge in [0.2, 0.25) is 5.88 Å². The maximum atomic E-state index is 8.54. The fourth-order valence-electron chi connectivity index (χ4n) is 0.865. The first-order valence-corrected chi connectivity index (χ1v) is 4.36. The van der Waals surface area contributed by atoms with Crippen molar-refractivity contribution in [3.8, 4) is 11.9 Å². The van der Waals surface area contributed by atoms with E-state index in [1.54, 1.807) is 12.1 Å². The lowest BCUT2D eigenvalue weighted by Gasteiger charge is -2.09. The van der Waals surface area contributed by atoms with Gasteiger partial charge in [-0.05, 0) is 20.2 Å². The largest absolute Gasteiger partial charge is 0.476 e. The van der Waals surface area contributed by atoms with E-state index in [1.165, 1.54) is 6.20 Å². The first kappa shape index (κ1) is 10.5. The van der Waals surface area contributed by atoms with Crippen LogP contribution in [0.1, 0.15) is 5.56 Å². The molecule has 0 radical (unpaired) electrons. The molecule has 14 heavy (non-hydrogen) atoms. The van der Waals surface area contributed by atoms with E-state index in [-0.39, 0.29) is 0 Å². The summed E-state index contributed by atoms with van der Waals surface area (Å²) in [6.45, 7) is 1.45. The van der Waals surface area contributed by atoms with Gasteiger partial charge in [-0.15, -0.1) is 0 Å². The van der Waals surface area contributed by atoms with Gasteiger partial charge in [-0.1, -0.05) is 0 Å². The first-order valence-electron chi connectivity index (χ1n) is 4.36. The van der Waals surface area contributed by atoms with Crippen molar-refractivity contribution in [3.05, 3.63) is 23.9 Å². The van der Waals surface area contributed by atoms with Crippen LogP contribution < -0.4 is 4.74 Å². The molecule has 0 spiro atoms. The summed E-state index contributed by atoms with van der Waals surface area (Å²) < 4.78 is 5.35. The van der Waals surface area contributed by atoms with E-state index >= 15 is 0 Å². The van der Waals surface area contributed by atoms with E-state index in [1.807, 2.05) is 25.1 Å². The van der Waals surface area contributed by atoms with Crippen molar-refractivity contribution in [2.24, 2.45) is 0 Å². The number of rotatable bonds is 4. The maximum absolute atomic E-state index is 8.54. The average Bonchev–Trinajstić information content (AvgIpc) is 2.18. The normalized spacial score (nSPS) is 9.86. The van der Waals surface area contributed by atoms with Crippen molar-refractivity contribution in [1.82, 2.24) is 9.88 Å². The van der Waals surface area contributed by atoms with Crippen LogP contribution in [-0.2, 0) is 0 Å². The molecule has 0 saturated carbocycles. The SMILES string of the molecule is CN(C)CCOc1ccc(C#N)cn1. The molecule has 0 aromatic carbocycles. The smallest absolute Gasteiger partial charge is 0.213 e. The number of hydrogen-bond donors (Lipinski definition) is 0. The molecular formula is C10H13N3O. The van der Waals surface area contributed by atoms with Gasteiger partial charge < -0.3 is 9.64 Å². The Hall–Kier alpha value is -1.60. The zero-order valence-corrected chi connectivity index (χ0v) is 8.40. The van der Waals surface area contributed by atoms with Gasteiger partial charge >= 0.3 is 0 Å². The molecular weight excluding hydrogens is 178 g/mol. The standard InChI is InChI=1S/C10H13N3O/c1-13(2)5-6-14-10-4-3-9(7-11)8-12-10/h3-4,8H,5-6H2,1-2H3. The van der Waals surface area contributed by atoms with Crippen molar-refractivity contribution in [1.29, 1.82) is 5.26 Å². The van der Waals surface area contributed by atoms with Gasteiger partial charge in [-0.25, -0.2) is 4.98 Å². The number of nitriles is 1. The highest BCUT2D eigenvalue weighted by Crippen LogP contribution is 2.06. The van der Waals surface area contributed by atoms with Crippen LogP contribution in [0.4, 0.5) is 0 Å². The highest BCUT2D eigenvalue weighted by molar-refractivity contribution is 5.28. The number of nitrogens with zero attached hydrogens (tertiary/aromatic N) is 3. The van der Waals surface area contributed by atoms with E-state index in [0.717, 1.165) is 6.54 Å². The molecule has 0 unspecified atom stereocenters. The van der Waals surface area contributed by atoms with Crippen LogP contribution in [0, 0.1) is 11.3 Å². The topological polar surface area (TPSA) is 49.1 Å². The molecule has 0 fully saturated rings. The molecule has 1 aromatic rings. The summed E-state index contributed by atoms with van der Waals surface area (Å²) in [4.78, 5) is 6.01. The van der Waals surface area contributed by atoms with Gasteiger partial charge in [0.1, 0.15) is 12.7 Å². The van der Waals surface area contributed by atoms with Gasteiger partial charge in [-0.3, -0.25) is 0 Å². The van der Waals surface area contributed by atoms with E-state index in [4.69, 9.17) is 10.00 Å². The van der Waals surface area contributed by atoms with Crippen molar-refractivity contribution in [2.45, 2.75) is 0 Å². The van der Waals surface area contributed by atoms with Gasteiger partial charge in [0, 0.05) is 18.8 Å². The quantitative estimate of drug-likeness (QED) is 0.709. The number of likely N-dealkylation sites (N-methyl/N-ethyl adjacent to an activating group) is 1. The van der Waals surface area contributed by atoms with Crippen LogP contribution in [-0.4, -0.2) is 37.1 Å². The zero-order chi connectivity index (χ0) is 10.4. The fourth-order valence-corrected chi connectivity index (χ4v) is 0.865. The summed E-state index contributed by atoms with van der Waals surface area (Å²) in [6.07, 6.45) is 1.50. The van der Waals surface area contributed by atoms with E-state index in [0.29, 0.717) is 18.1 Å². The summed E-state index contributed by atoms with van der Waals surface area (Å²) in [5.41, 5.74) is 0.546. The molecule has 0 bridgehead atoms.